The van der Waals surface area contributed by atoms with Gasteiger partial charge in [0.15, 0.2) is 5.82 Å². The molecule has 0 radical (unpaired) electrons. The van der Waals surface area contributed by atoms with Gasteiger partial charge in [-0.3, -0.25) is 9.36 Å². The van der Waals surface area contributed by atoms with Crippen LogP contribution in [-0.2, 0) is 6.42 Å². The van der Waals surface area contributed by atoms with Crippen LogP contribution < -0.4 is 22.3 Å². The second kappa shape index (κ2) is 8.80. The Bertz CT molecular complexity index is 1590. The molecule has 0 fully saturated rings. The number of rotatable bonds is 5. The third-order valence-electron chi connectivity index (χ3n) is 4.93. The van der Waals surface area contributed by atoms with Crippen LogP contribution in [0.4, 0.5) is 26.4 Å². The monoisotopic (exact) mass is 459 g/mol. The summed E-state index contributed by atoms with van der Waals surface area (Å²) in [5.74, 6) is -1.88. The molecule has 34 heavy (non-hydrogen) atoms. The standard InChI is InChI=1S/C22H15F2N9O/c23-14-4-5-15(24)18-17(14)21(34)33(12-3-1-2-11(8-12)9-25)16(30-18)6-7-29-20-13(10-26)19(27)31-22(28)32-20/h1-5,8H,6-7H2,(H5,27,28,29,31,32). The number of nitrogens with two attached hydrogens (primary N) is 2. The van der Waals surface area contributed by atoms with Crippen LogP contribution in [-0.4, -0.2) is 26.1 Å². The van der Waals surface area contributed by atoms with Crippen LogP contribution >= 0.6 is 0 Å². The minimum absolute atomic E-state index is 0.0204. The van der Waals surface area contributed by atoms with E-state index < -0.39 is 28.1 Å². The van der Waals surface area contributed by atoms with E-state index in [2.05, 4.69) is 20.3 Å². The van der Waals surface area contributed by atoms with E-state index in [1.54, 1.807) is 12.1 Å². The summed E-state index contributed by atoms with van der Waals surface area (Å²) in [5, 5.41) is 20.9. The number of fused-ring (bicyclic) bond motifs is 1. The topological polar surface area (TPSA) is 172 Å². The molecule has 0 saturated heterocycles. The van der Waals surface area contributed by atoms with Gasteiger partial charge in [-0.2, -0.15) is 20.5 Å². The molecule has 0 unspecified atom stereocenters. The average molecular weight is 459 g/mol. The van der Waals surface area contributed by atoms with Crippen molar-refractivity contribution in [3.05, 3.63) is 75.3 Å². The summed E-state index contributed by atoms with van der Waals surface area (Å²) in [7, 11) is 0. The zero-order chi connectivity index (χ0) is 24.4. The number of nitrogen functional groups attached to an aromatic ring is 2. The van der Waals surface area contributed by atoms with Gasteiger partial charge in [0.1, 0.15) is 45.8 Å². The molecule has 0 spiro atoms. The van der Waals surface area contributed by atoms with Crippen LogP contribution in [0, 0.1) is 34.3 Å². The summed E-state index contributed by atoms with van der Waals surface area (Å²) in [5.41, 5.74) is 10.5. The van der Waals surface area contributed by atoms with Gasteiger partial charge in [-0.1, -0.05) is 6.07 Å². The molecule has 2 aromatic heterocycles. The second-order valence-corrected chi connectivity index (χ2v) is 7.06. The van der Waals surface area contributed by atoms with Crippen LogP contribution in [0.1, 0.15) is 17.0 Å². The normalized spacial score (nSPS) is 10.6. The minimum atomic E-state index is -0.922. The average Bonchev–Trinajstić information content (AvgIpc) is 2.81. The van der Waals surface area contributed by atoms with E-state index in [4.69, 9.17) is 11.5 Å². The van der Waals surface area contributed by atoms with Crippen molar-refractivity contribution in [3.63, 3.8) is 0 Å². The third kappa shape index (κ3) is 3.91. The van der Waals surface area contributed by atoms with Crippen molar-refractivity contribution in [2.75, 3.05) is 23.3 Å². The van der Waals surface area contributed by atoms with Gasteiger partial charge in [-0.25, -0.2) is 13.8 Å². The van der Waals surface area contributed by atoms with Crippen LogP contribution in [0.15, 0.2) is 41.2 Å². The lowest BCUT2D eigenvalue weighted by Gasteiger charge is -2.15. The van der Waals surface area contributed by atoms with E-state index in [-0.39, 0.29) is 53.2 Å². The van der Waals surface area contributed by atoms with Crippen molar-refractivity contribution < 1.29 is 8.78 Å². The Balaban J connectivity index is 1.82. The highest BCUT2D eigenvalue weighted by molar-refractivity contribution is 5.79. The Morgan fingerprint density at radius 1 is 1.03 bits per heavy atom. The summed E-state index contributed by atoms with van der Waals surface area (Å²) >= 11 is 0. The van der Waals surface area contributed by atoms with Crippen LogP contribution in [0.5, 0.6) is 0 Å². The van der Waals surface area contributed by atoms with Crippen LogP contribution in [0.25, 0.3) is 16.6 Å². The number of benzene rings is 2. The fourth-order valence-electron chi connectivity index (χ4n) is 3.44. The Morgan fingerprint density at radius 3 is 2.53 bits per heavy atom. The van der Waals surface area contributed by atoms with Crippen molar-refractivity contribution >= 4 is 28.5 Å². The van der Waals surface area contributed by atoms with Gasteiger partial charge in [0.05, 0.1) is 17.3 Å². The zero-order valence-electron chi connectivity index (χ0n) is 17.4. The first-order valence-corrected chi connectivity index (χ1v) is 9.81. The Labute approximate surface area is 190 Å². The van der Waals surface area contributed by atoms with Gasteiger partial charge in [-0.05, 0) is 30.3 Å². The molecule has 0 aliphatic heterocycles. The van der Waals surface area contributed by atoms with Gasteiger partial charge in [-0.15, -0.1) is 0 Å². The minimum Gasteiger partial charge on any atom is -0.382 e. The lowest BCUT2D eigenvalue weighted by molar-refractivity contribution is 0.611. The second-order valence-electron chi connectivity index (χ2n) is 7.06. The molecule has 168 valence electrons. The molecule has 0 aliphatic carbocycles. The smallest absolute Gasteiger partial charge is 0.269 e. The van der Waals surface area contributed by atoms with E-state index >= 15 is 0 Å². The van der Waals surface area contributed by atoms with Gasteiger partial charge >= 0.3 is 0 Å². The number of halogens is 2. The summed E-state index contributed by atoms with van der Waals surface area (Å²) in [6.45, 7) is 0.0669. The van der Waals surface area contributed by atoms with Crippen molar-refractivity contribution in [1.82, 2.24) is 19.5 Å². The summed E-state index contributed by atoms with van der Waals surface area (Å²) in [6, 6.07) is 11.7. The van der Waals surface area contributed by atoms with E-state index in [1.807, 2.05) is 12.1 Å². The highest BCUT2D eigenvalue weighted by Crippen LogP contribution is 2.21. The number of hydrogen-bond acceptors (Lipinski definition) is 9. The number of anilines is 3. The summed E-state index contributed by atoms with van der Waals surface area (Å²) < 4.78 is 30.0. The number of aromatic nitrogens is 4. The summed E-state index contributed by atoms with van der Waals surface area (Å²) in [6.07, 6.45) is 0.0204. The van der Waals surface area contributed by atoms with Crippen LogP contribution in [0.2, 0.25) is 0 Å². The van der Waals surface area contributed by atoms with E-state index in [1.165, 1.54) is 12.1 Å². The highest BCUT2D eigenvalue weighted by Gasteiger charge is 2.19. The Hall–Kier alpha value is -5.10. The number of nitrogens with zero attached hydrogens (tertiary/aromatic N) is 6. The van der Waals surface area contributed by atoms with Crippen molar-refractivity contribution in [1.29, 1.82) is 10.5 Å². The predicted molar refractivity (Wildman–Crippen MR) is 120 cm³/mol. The molecule has 0 aliphatic rings. The molecule has 2 aromatic carbocycles. The Kier molecular flexibility index (Phi) is 5.72. The van der Waals surface area contributed by atoms with E-state index in [9.17, 15) is 24.1 Å². The molecule has 0 saturated carbocycles. The highest BCUT2D eigenvalue weighted by atomic mass is 19.1. The molecule has 0 atom stereocenters. The zero-order valence-corrected chi connectivity index (χ0v) is 17.4. The van der Waals surface area contributed by atoms with Crippen molar-refractivity contribution in [2.45, 2.75) is 6.42 Å². The third-order valence-corrected chi connectivity index (χ3v) is 4.93. The predicted octanol–water partition coefficient (Wildman–Crippen LogP) is 2.02. The largest absolute Gasteiger partial charge is 0.382 e. The first-order valence-electron chi connectivity index (χ1n) is 9.81. The van der Waals surface area contributed by atoms with Crippen LogP contribution in [0.3, 0.4) is 0 Å². The summed E-state index contributed by atoms with van der Waals surface area (Å²) in [4.78, 5) is 25.2. The quantitative estimate of drug-likeness (QED) is 0.403. The molecule has 2 heterocycles. The van der Waals surface area contributed by atoms with Gasteiger partial charge in [0.2, 0.25) is 5.95 Å². The molecule has 12 heteroatoms. The number of nitriles is 2. The SMILES string of the molecule is N#Cc1cccc(-n2c(CCNc3nc(N)nc(N)c3C#N)nc3c(F)ccc(F)c3c2=O)c1. The van der Waals surface area contributed by atoms with Crippen molar-refractivity contribution in [2.24, 2.45) is 0 Å². The fraction of sp³-hybridized carbons (Fsp3) is 0.0909. The first-order chi connectivity index (χ1) is 16.3. The fourth-order valence-corrected chi connectivity index (χ4v) is 3.44. The number of nitrogens with one attached hydrogen (secondary N) is 1. The van der Waals surface area contributed by atoms with Gasteiger partial charge < -0.3 is 16.8 Å². The first kappa shape index (κ1) is 22.1. The molecule has 5 N–H and O–H groups in total. The molecule has 4 aromatic rings. The molecule has 4 rings (SSSR count). The molecular weight excluding hydrogens is 444 g/mol. The Morgan fingerprint density at radius 2 is 1.79 bits per heavy atom. The van der Waals surface area contributed by atoms with E-state index in [0.29, 0.717) is 0 Å². The number of hydrogen-bond donors (Lipinski definition) is 3. The lowest BCUT2D eigenvalue weighted by Crippen LogP contribution is -2.26. The molecule has 0 bridgehead atoms. The van der Waals surface area contributed by atoms with Gasteiger partial charge in [0, 0.05) is 13.0 Å². The lowest BCUT2D eigenvalue weighted by atomic mass is 10.1. The van der Waals surface area contributed by atoms with E-state index in [0.717, 1.165) is 16.7 Å². The maximum Gasteiger partial charge on any atom is 0.269 e. The maximum absolute atomic E-state index is 14.5. The molecule has 10 nitrogen and oxygen atoms in total. The van der Waals surface area contributed by atoms with Gasteiger partial charge in [0.25, 0.3) is 5.56 Å². The molecule has 0 amide bonds. The maximum atomic E-state index is 14.5. The molecular formula is C22H15F2N9O. The van der Waals surface area contributed by atoms with Crippen molar-refractivity contribution in [3.8, 4) is 17.8 Å².